The Kier molecular flexibility index (Phi) is 5.54. The summed E-state index contributed by atoms with van der Waals surface area (Å²) in [6, 6.07) is 0. The molecule has 6 heteroatoms. The molecule has 1 atom stereocenters. The van der Waals surface area contributed by atoms with Gasteiger partial charge in [-0.15, -0.1) is 0 Å². The predicted molar refractivity (Wildman–Crippen MR) is 75.7 cm³/mol. The van der Waals surface area contributed by atoms with Crippen LogP contribution in [0.3, 0.4) is 0 Å². The number of aromatic nitrogens is 2. The first-order chi connectivity index (χ1) is 9.61. The minimum atomic E-state index is 0.116. The van der Waals surface area contributed by atoms with Gasteiger partial charge in [0.2, 0.25) is 0 Å². The molecule has 2 rings (SSSR count). The van der Waals surface area contributed by atoms with E-state index < -0.39 is 0 Å². The SMILES string of the molecule is Cc1nn(CCO)c(C)c1CN(C)C[C@H]1COCCO1. The van der Waals surface area contributed by atoms with Crippen molar-refractivity contribution < 1.29 is 14.6 Å². The molecule has 0 bridgehead atoms. The Bertz CT molecular complexity index is 428. The Morgan fingerprint density at radius 2 is 2.20 bits per heavy atom. The van der Waals surface area contributed by atoms with E-state index in [1.165, 1.54) is 5.56 Å². The zero-order chi connectivity index (χ0) is 14.5. The van der Waals surface area contributed by atoms with Gasteiger partial charge in [0.1, 0.15) is 0 Å². The fraction of sp³-hybridized carbons (Fsp3) is 0.786. The highest BCUT2D eigenvalue weighted by atomic mass is 16.6. The van der Waals surface area contributed by atoms with E-state index in [0.717, 1.165) is 24.5 Å². The van der Waals surface area contributed by atoms with Gasteiger partial charge in [0.15, 0.2) is 0 Å². The van der Waals surface area contributed by atoms with Gasteiger partial charge in [-0.05, 0) is 20.9 Å². The molecule has 0 saturated carbocycles. The molecule has 1 fully saturated rings. The van der Waals surface area contributed by atoms with Crippen LogP contribution >= 0.6 is 0 Å². The first-order valence-electron chi connectivity index (χ1n) is 7.13. The number of ether oxygens (including phenoxy) is 2. The number of aliphatic hydroxyl groups excluding tert-OH is 1. The van der Waals surface area contributed by atoms with Crippen LogP contribution in [-0.2, 0) is 22.6 Å². The van der Waals surface area contributed by atoms with Crippen LogP contribution in [0.15, 0.2) is 0 Å². The molecule has 2 heterocycles. The van der Waals surface area contributed by atoms with E-state index in [4.69, 9.17) is 14.6 Å². The topological polar surface area (TPSA) is 59.8 Å². The van der Waals surface area contributed by atoms with E-state index in [1.807, 2.05) is 11.6 Å². The Hall–Kier alpha value is -0.950. The maximum absolute atomic E-state index is 9.04. The van der Waals surface area contributed by atoms with Crippen molar-refractivity contribution in [3.63, 3.8) is 0 Å². The van der Waals surface area contributed by atoms with E-state index in [-0.39, 0.29) is 12.7 Å². The molecule has 6 nitrogen and oxygen atoms in total. The average molecular weight is 283 g/mol. The third-order valence-electron chi connectivity index (χ3n) is 3.67. The summed E-state index contributed by atoms with van der Waals surface area (Å²) in [6.45, 7) is 8.49. The van der Waals surface area contributed by atoms with E-state index in [2.05, 4.69) is 24.0 Å². The molecular weight excluding hydrogens is 258 g/mol. The van der Waals surface area contributed by atoms with Crippen molar-refractivity contribution in [3.05, 3.63) is 17.0 Å². The summed E-state index contributed by atoms with van der Waals surface area (Å²) in [7, 11) is 2.08. The fourth-order valence-electron chi connectivity index (χ4n) is 2.60. The van der Waals surface area contributed by atoms with Gasteiger partial charge in [-0.25, -0.2) is 0 Å². The molecule has 0 unspecified atom stereocenters. The van der Waals surface area contributed by atoms with E-state index in [0.29, 0.717) is 26.4 Å². The molecule has 20 heavy (non-hydrogen) atoms. The van der Waals surface area contributed by atoms with Gasteiger partial charge >= 0.3 is 0 Å². The summed E-state index contributed by atoms with van der Waals surface area (Å²) >= 11 is 0. The molecule has 0 aromatic carbocycles. The third-order valence-corrected chi connectivity index (χ3v) is 3.67. The Balaban J connectivity index is 1.94. The Morgan fingerprint density at radius 3 is 2.85 bits per heavy atom. The van der Waals surface area contributed by atoms with Crippen molar-refractivity contribution in [2.24, 2.45) is 0 Å². The van der Waals surface area contributed by atoms with Crippen molar-refractivity contribution in [2.45, 2.75) is 33.0 Å². The smallest absolute Gasteiger partial charge is 0.0936 e. The first kappa shape index (κ1) is 15.4. The van der Waals surface area contributed by atoms with Gasteiger partial charge in [0.25, 0.3) is 0 Å². The number of likely N-dealkylation sites (N-methyl/N-ethyl adjacent to an activating group) is 1. The first-order valence-corrected chi connectivity index (χ1v) is 7.13. The molecule has 1 aliphatic rings. The molecule has 1 saturated heterocycles. The second-order valence-electron chi connectivity index (χ2n) is 5.36. The van der Waals surface area contributed by atoms with Crippen molar-refractivity contribution >= 4 is 0 Å². The van der Waals surface area contributed by atoms with Gasteiger partial charge in [-0.1, -0.05) is 0 Å². The monoisotopic (exact) mass is 283 g/mol. The predicted octanol–water partition coefficient (Wildman–Crippen LogP) is 0.339. The van der Waals surface area contributed by atoms with Crippen LogP contribution < -0.4 is 0 Å². The Labute approximate surface area is 120 Å². The summed E-state index contributed by atoms with van der Waals surface area (Å²) in [4.78, 5) is 2.24. The van der Waals surface area contributed by atoms with Crippen LogP contribution in [0.4, 0.5) is 0 Å². The second-order valence-corrected chi connectivity index (χ2v) is 5.36. The van der Waals surface area contributed by atoms with Crippen LogP contribution in [-0.4, -0.2) is 65.9 Å². The maximum Gasteiger partial charge on any atom is 0.0936 e. The van der Waals surface area contributed by atoms with Gasteiger partial charge in [0.05, 0.1) is 44.8 Å². The number of hydrogen-bond acceptors (Lipinski definition) is 5. The van der Waals surface area contributed by atoms with Crippen molar-refractivity contribution in [2.75, 3.05) is 40.0 Å². The zero-order valence-corrected chi connectivity index (χ0v) is 12.6. The molecule has 1 aliphatic heterocycles. The van der Waals surface area contributed by atoms with Crippen LogP contribution in [0, 0.1) is 13.8 Å². The molecule has 0 spiro atoms. The summed E-state index contributed by atoms with van der Waals surface area (Å²) in [5.41, 5.74) is 3.39. The highest BCUT2D eigenvalue weighted by Gasteiger charge is 2.18. The largest absolute Gasteiger partial charge is 0.394 e. The lowest BCUT2D eigenvalue weighted by molar-refractivity contribution is -0.0963. The van der Waals surface area contributed by atoms with E-state index in [1.54, 1.807) is 0 Å². The third kappa shape index (κ3) is 3.79. The number of aliphatic hydroxyl groups is 1. The molecule has 114 valence electrons. The number of aryl methyl sites for hydroxylation is 1. The van der Waals surface area contributed by atoms with Gasteiger partial charge in [-0.2, -0.15) is 5.10 Å². The Morgan fingerprint density at radius 1 is 1.40 bits per heavy atom. The van der Waals surface area contributed by atoms with Crippen molar-refractivity contribution in [3.8, 4) is 0 Å². The van der Waals surface area contributed by atoms with Gasteiger partial charge < -0.3 is 14.6 Å². The fourth-order valence-corrected chi connectivity index (χ4v) is 2.60. The molecule has 0 amide bonds. The van der Waals surface area contributed by atoms with Crippen LogP contribution in [0.25, 0.3) is 0 Å². The van der Waals surface area contributed by atoms with Gasteiger partial charge in [-0.3, -0.25) is 9.58 Å². The summed E-state index contributed by atoms with van der Waals surface area (Å²) in [5, 5.41) is 13.5. The average Bonchev–Trinajstić information content (AvgIpc) is 2.68. The summed E-state index contributed by atoms with van der Waals surface area (Å²) < 4.78 is 13.0. The van der Waals surface area contributed by atoms with Gasteiger partial charge in [0, 0.05) is 24.3 Å². The van der Waals surface area contributed by atoms with E-state index in [9.17, 15) is 0 Å². The minimum absolute atomic E-state index is 0.116. The molecular formula is C14H25N3O3. The zero-order valence-electron chi connectivity index (χ0n) is 12.6. The number of hydrogen-bond donors (Lipinski definition) is 1. The summed E-state index contributed by atoms with van der Waals surface area (Å²) in [6.07, 6.45) is 0.154. The van der Waals surface area contributed by atoms with E-state index >= 15 is 0 Å². The maximum atomic E-state index is 9.04. The van der Waals surface area contributed by atoms with Crippen molar-refractivity contribution in [1.82, 2.24) is 14.7 Å². The molecule has 1 aromatic rings. The van der Waals surface area contributed by atoms with Crippen LogP contribution in [0.1, 0.15) is 17.0 Å². The quantitative estimate of drug-likeness (QED) is 0.816. The standard InChI is InChI=1S/C14H25N3O3/c1-11-14(12(2)17(15-11)4-5-18)9-16(3)8-13-10-19-6-7-20-13/h13,18H,4-10H2,1-3H3/t13-/m0/s1. The lowest BCUT2D eigenvalue weighted by Crippen LogP contribution is -2.38. The molecule has 1 N–H and O–H groups in total. The van der Waals surface area contributed by atoms with Crippen LogP contribution in [0.5, 0.6) is 0 Å². The minimum Gasteiger partial charge on any atom is -0.394 e. The summed E-state index contributed by atoms with van der Waals surface area (Å²) in [5.74, 6) is 0. The van der Waals surface area contributed by atoms with Crippen molar-refractivity contribution in [1.29, 1.82) is 0 Å². The highest BCUT2D eigenvalue weighted by molar-refractivity contribution is 5.24. The highest BCUT2D eigenvalue weighted by Crippen LogP contribution is 2.15. The number of rotatable bonds is 6. The molecule has 0 aliphatic carbocycles. The lowest BCUT2D eigenvalue weighted by Gasteiger charge is -2.27. The normalized spacial score (nSPS) is 19.8. The number of nitrogens with zero attached hydrogens (tertiary/aromatic N) is 3. The molecule has 0 radical (unpaired) electrons. The molecule has 1 aromatic heterocycles. The lowest BCUT2D eigenvalue weighted by atomic mass is 10.2. The van der Waals surface area contributed by atoms with Crippen LogP contribution in [0.2, 0.25) is 0 Å². The second kappa shape index (κ2) is 7.17.